The molecule has 2 heterocycles. The second kappa shape index (κ2) is 5.40. The molecule has 1 aromatic carbocycles. The number of H-pyrrole nitrogens is 1. The molecule has 3 aromatic rings. The van der Waals surface area contributed by atoms with E-state index in [1.54, 1.807) is 18.2 Å². The van der Waals surface area contributed by atoms with Crippen LogP contribution in [0, 0.1) is 5.82 Å². The second-order valence-corrected chi connectivity index (χ2v) is 4.73. The van der Waals surface area contributed by atoms with Gasteiger partial charge in [-0.05, 0) is 36.8 Å². The van der Waals surface area contributed by atoms with Crippen molar-refractivity contribution in [2.75, 3.05) is 5.32 Å². The second-order valence-electron chi connectivity index (χ2n) is 4.73. The molecule has 0 spiro atoms. The molecular formula is C15H14FN3O2. The highest BCUT2D eigenvalue weighted by atomic mass is 19.1. The van der Waals surface area contributed by atoms with Gasteiger partial charge >= 0.3 is 5.76 Å². The zero-order chi connectivity index (χ0) is 14.8. The Morgan fingerprint density at radius 1 is 1.38 bits per heavy atom. The maximum Gasteiger partial charge on any atom is 0.417 e. The summed E-state index contributed by atoms with van der Waals surface area (Å²) >= 11 is 0. The Balaban J connectivity index is 1.87. The van der Waals surface area contributed by atoms with E-state index in [2.05, 4.69) is 15.3 Å². The molecule has 3 rings (SSSR count). The molecule has 0 saturated carbocycles. The van der Waals surface area contributed by atoms with Gasteiger partial charge in [0.05, 0.1) is 23.4 Å². The van der Waals surface area contributed by atoms with Crippen LogP contribution in [0.4, 0.5) is 10.1 Å². The quantitative estimate of drug-likeness (QED) is 0.773. The number of anilines is 1. The van der Waals surface area contributed by atoms with Crippen LogP contribution in [-0.4, -0.2) is 9.97 Å². The maximum atomic E-state index is 12.9. The summed E-state index contributed by atoms with van der Waals surface area (Å²) < 4.78 is 17.9. The van der Waals surface area contributed by atoms with Crippen molar-refractivity contribution in [1.29, 1.82) is 0 Å². The third-order valence-corrected chi connectivity index (χ3v) is 3.28. The van der Waals surface area contributed by atoms with Crippen molar-refractivity contribution < 1.29 is 8.81 Å². The fourth-order valence-corrected chi connectivity index (χ4v) is 2.22. The van der Waals surface area contributed by atoms with Crippen molar-refractivity contribution in [3.8, 4) is 0 Å². The fourth-order valence-electron chi connectivity index (χ4n) is 2.22. The Kier molecular flexibility index (Phi) is 3.43. The highest BCUT2D eigenvalue weighted by Gasteiger charge is 2.11. The lowest BCUT2D eigenvalue weighted by Gasteiger charge is -2.17. The summed E-state index contributed by atoms with van der Waals surface area (Å²) in [7, 11) is 0. The third-order valence-electron chi connectivity index (χ3n) is 3.28. The Hall–Kier alpha value is -2.63. The molecule has 2 N–H and O–H groups in total. The van der Waals surface area contributed by atoms with E-state index in [1.807, 2.05) is 13.0 Å². The first-order valence-electron chi connectivity index (χ1n) is 6.66. The lowest BCUT2D eigenvalue weighted by molar-refractivity contribution is 0.555. The van der Waals surface area contributed by atoms with E-state index < -0.39 is 5.76 Å². The molecule has 108 valence electrons. The van der Waals surface area contributed by atoms with Crippen LogP contribution in [0.2, 0.25) is 0 Å². The summed E-state index contributed by atoms with van der Waals surface area (Å²) in [6, 6.07) is 8.36. The van der Waals surface area contributed by atoms with Crippen molar-refractivity contribution in [2.24, 2.45) is 0 Å². The van der Waals surface area contributed by atoms with Crippen molar-refractivity contribution in [3.63, 3.8) is 0 Å². The average Bonchev–Trinajstić information content (AvgIpc) is 2.85. The number of aromatic nitrogens is 2. The molecular weight excluding hydrogens is 273 g/mol. The molecule has 0 bridgehead atoms. The number of fused-ring (bicyclic) bond motifs is 1. The molecule has 5 nitrogen and oxygen atoms in total. The van der Waals surface area contributed by atoms with Crippen molar-refractivity contribution >= 4 is 16.8 Å². The molecule has 2 aromatic heterocycles. The van der Waals surface area contributed by atoms with Crippen LogP contribution in [0.15, 0.2) is 45.7 Å². The van der Waals surface area contributed by atoms with Gasteiger partial charge in [0.2, 0.25) is 0 Å². The summed E-state index contributed by atoms with van der Waals surface area (Å²) in [5.41, 5.74) is 2.74. The summed E-state index contributed by atoms with van der Waals surface area (Å²) in [6.45, 7) is 2.01. The average molecular weight is 287 g/mol. The molecule has 6 heteroatoms. The number of pyridine rings is 1. The predicted molar refractivity (Wildman–Crippen MR) is 77.7 cm³/mol. The van der Waals surface area contributed by atoms with Gasteiger partial charge in [-0.15, -0.1) is 0 Å². The summed E-state index contributed by atoms with van der Waals surface area (Å²) in [5, 5.41) is 3.32. The number of aromatic amines is 1. The third kappa shape index (κ3) is 2.79. The lowest BCUT2D eigenvalue weighted by atomic mass is 10.1. The summed E-state index contributed by atoms with van der Waals surface area (Å²) in [5.74, 6) is -0.833. The monoisotopic (exact) mass is 287 g/mol. The van der Waals surface area contributed by atoms with Crippen LogP contribution in [0.5, 0.6) is 0 Å². The van der Waals surface area contributed by atoms with Gasteiger partial charge in [-0.1, -0.05) is 6.92 Å². The van der Waals surface area contributed by atoms with E-state index in [0.29, 0.717) is 11.1 Å². The van der Waals surface area contributed by atoms with Gasteiger partial charge in [-0.3, -0.25) is 9.97 Å². The van der Waals surface area contributed by atoms with E-state index in [4.69, 9.17) is 4.42 Å². The highest BCUT2D eigenvalue weighted by Crippen LogP contribution is 2.23. The standard InChI is InChI=1S/C15H14FN3O2/c1-2-11(12-5-3-9(16)8-17-12)18-10-4-6-14-13(7-10)19-15(20)21-14/h3-8,11,18H,2H2,1H3,(H,19,20). The number of nitrogens with zero attached hydrogens (tertiary/aromatic N) is 1. The van der Waals surface area contributed by atoms with Gasteiger partial charge in [0.1, 0.15) is 5.82 Å². The molecule has 0 radical (unpaired) electrons. The van der Waals surface area contributed by atoms with E-state index in [9.17, 15) is 9.18 Å². The van der Waals surface area contributed by atoms with Crippen molar-refractivity contribution in [2.45, 2.75) is 19.4 Å². The van der Waals surface area contributed by atoms with Crippen LogP contribution < -0.4 is 11.1 Å². The first-order valence-corrected chi connectivity index (χ1v) is 6.66. The Bertz CT molecular complexity index is 808. The Labute approximate surface area is 119 Å². The van der Waals surface area contributed by atoms with Gasteiger partial charge in [0.25, 0.3) is 0 Å². The number of oxazole rings is 1. The molecule has 0 aliphatic carbocycles. The fraction of sp³-hybridized carbons (Fsp3) is 0.200. The number of benzene rings is 1. The van der Waals surface area contributed by atoms with Crippen molar-refractivity contribution in [1.82, 2.24) is 9.97 Å². The van der Waals surface area contributed by atoms with E-state index in [0.717, 1.165) is 17.8 Å². The van der Waals surface area contributed by atoms with Gasteiger partial charge in [0.15, 0.2) is 5.58 Å². The molecule has 0 aliphatic heterocycles. The number of nitrogens with one attached hydrogen (secondary N) is 2. The van der Waals surface area contributed by atoms with Crippen LogP contribution in [0.3, 0.4) is 0 Å². The van der Waals surface area contributed by atoms with E-state index in [-0.39, 0.29) is 11.9 Å². The van der Waals surface area contributed by atoms with E-state index in [1.165, 1.54) is 12.3 Å². The molecule has 0 amide bonds. The van der Waals surface area contributed by atoms with Crippen LogP contribution in [0.1, 0.15) is 25.1 Å². The zero-order valence-corrected chi connectivity index (χ0v) is 11.4. The molecule has 0 fully saturated rings. The van der Waals surface area contributed by atoms with Gasteiger partial charge < -0.3 is 9.73 Å². The number of halogens is 1. The minimum Gasteiger partial charge on any atom is -0.408 e. The van der Waals surface area contributed by atoms with Gasteiger partial charge in [-0.2, -0.15) is 0 Å². The molecule has 21 heavy (non-hydrogen) atoms. The van der Waals surface area contributed by atoms with Crippen LogP contribution >= 0.6 is 0 Å². The highest BCUT2D eigenvalue weighted by molar-refractivity contribution is 5.76. The predicted octanol–water partition coefficient (Wildman–Crippen LogP) is 3.22. The molecule has 0 aliphatic rings. The normalized spacial score (nSPS) is 12.5. The lowest BCUT2D eigenvalue weighted by Crippen LogP contribution is -2.11. The van der Waals surface area contributed by atoms with E-state index >= 15 is 0 Å². The number of hydrogen-bond donors (Lipinski definition) is 2. The SMILES string of the molecule is CCC(Nc1ccc2oc(=O)[nH]c2c1)c1ccc(F)cn1. The topological polar surface area (TPSA) is 70.9 Å². The zero-order valence-electron chi connectivity index (χ0n) is 11.4. The first kappa shape index (κ1) is 13.4. The Morgan fingerprint density at radius 2 is 2.24 bits per heavy atom. The molecule has 1 unspecified atom stereocenters. The molecule has 1 atom stereocenters. The number of rotatable bonds is 4. The van der Waals surface area contributed by atoms with Crippen LogP contribution in [0.25, 0.3) is 11.1 Å². The first-order chi connectivity index (χ1) is 10.2. The smallest absolute Gasteiger partial charge is 0.408 e. The minimum atomic E-state index is -0.477. The maximum absolute atomic E-state index is 12.9. The van der Waals surface area contributed by atoms with Crippen molar-refractivity contribution in [3.05, 3.63) is 58.6 Å². The van der Waals surface area contributed by atoms with Gasteiger partial charge in [-0.25, -0.2) is 9.18 Å². The van der Waals surface area contributed by atoms with Crippen LogP contribution in [-0.2, 0) is 0 Å². The number of hydrogen-bond acceptors (Lipinski definition) is 4. The largest absolute Gasteiger partial charge is 0.417 e. The Morgan fingerprint density at radius 3 is 2.95 bits per heavy atom. The summed E-state index contributed by atoms with van der Waals surface area (Å²) in [6.07, 6.45) is 2.00. The summed E-state index contributed by atoms with van der Waals surface area (Å²) in [4.78, 5) is 17.9. The molecule has 0 saturated heterocycles. The van der Waals surface area contributed by atoms with Gasteiger partial charge in [0, 0.05) is 5.69 Å². The minimum absolute atomic E-state index is 0.0401.